The second-order valence-corrected chi connectivity index (χ2v) is 7.13. The Kier molecular flexibility index (Phi) is 5.46. The number of nitrogens with zero attached hydrogens (tertiary/aromatic N) is 2. The number of nitriles is 1. The fourth-order valence-corrected chi connectivity index (χ4v) is 4.10. The molecule has 2 unspecified atom stereocenters. The van der Waals surface area contributed by atoms with E-state index in [0.717, 1.165) is 18.8 Å². The van der Waals surface area contributed by atoms with Gasteiger partial charge in [0.2, 0.25) is 0 Å². The number of likely N-dealkylation sites (tertiary alicyclic amines) is 1. The molecule has 1 heterocycles. The predicted molar refractivity (Wildman–Crippen MR) is 83.5 cm³/mol. The summed E-state index contributed by atoms with van der Waals surface area (Å²) in [4.78, 5) is 2.67. The Morgan fingerprint density at radius 2 is 2.00 bits per heavy atom. The molecule has 1 aliphatic carbocycles. The number of rotatable bonds is 4. The van der Waals surface area contributed by atoms with Crippen molar-refractivity contribution in [1.82, 2.24) is 10.2 Å². The fraction of sp³-hybridized carbons (Fsp3) is 0.941. The van der Waals surface area contributed by atoms with Crippen molar-refractivity contribution in [2.45, 2.75) is 83.3 Å². The summed E-state index contributed by atoms with van der Waals surface area (Å²) in [6.07, 6.45) is 8.53. The number of piperidine rings is 1. The van der Waals surface area contributed by atoms with Crippen LogP contribution < -0.4 is 5.32 Å². The highest BCUT2D eigenvalue weighted by Gasteiger charge is 2.39. The monoisotopic (exact) mass is 277 g/mol. The summed E-state index contributed by atoms with van der Waals surface area (Å²) < 4.78 is 0. The van der Waals surface area contributed by atoms with Gasteiger partial charge in [0.15, 0.2) is 0 Å². The Morgan fingerprint density at radius 3 is 2.55 bits per heavy atom. The van der Waals surface area contributed by atoms with E-state index in [1.54, 1.807) is 0 Å². The molecule has 3 heteroatoms. The SMILES string of the molecule is CCC1CCN(C2CCCC(C#N)(NC(C)C)C2)CC1. The third kappa shape index (κ3) is 3.74. The van der Waals surface area contributed by atoms with Gasteiger partial charge in [0.1, 0.15) is 5.54 Å². The summed E-state index contributed by atoms with van der Waals surface area (Å²) in [5.74, 6) is 0.935. The van der Waals surface area contributed by atoms with Crippen molar-refractivity contribution in [2.24, 2.45) is 5.92 Å². The molecule has 2 fully saturated rings. The topological polar surface area (TPSA) is 39.1 Å². The van der Waals surface area contributed by atoms with Crippen molar-refractivity contribution < 1.29 is 0 Å². The van der Waals surface area contributed by atoms with Crippen LogP contribution in [0.3, 0.4) is 0 Å². The molecule has 0 amide bonds. The molecule has 1 saturated heterocycles. The minimum Gasteiger partial charge on any atom is -0.300 e. The molecule has 3 nitrogen and oxygen atoms in total. The Hall–Kier alpha value is -0.590. The van der Waals surface area contributed by atoms with Crippen LogP contribution in [0.25, 0.3) is 0 Å². The molecule has 0 bridgehead atoms. The molecule has 20 heavy (non-hydrogen) atoms. The maximum absolute atomic E-state index is 9.66. The van der Waals surface area contributed by atoms with E-state index in [-0.39, 0.29) is 5.54 Å². The van der Waals surface area contributed by atoms with Gasteiger partial charge in [-0.25, -0.2) is 0 Å². The van der Waals surface area contributed by atoms with Crippen LogP contribution in [-0.2, 0) is 0 Å². The van der Waals surface area contributed by atoms with Crippen LogP contribution in [0.15, 0.2) is 0 Å². The molecule has 2 aliphatic rings. The molecular weight excluding hydrogens is 246 g/mol. The van der Waals surface area contributed by atoms with Crippen LogP contribution in [0.5, 0.6) is 0 Å². The zero-order valence-corrected chi connectivity index (χ0v) is 13.5. The van der Waals surface area contributed by atoms with Crippen molar-refractivity contribution in [3.63, 3.8) is 0 Å². The Labute approximate surface area is 124 Å². The highest BCUT2D eigenvalue weighted by Crippen LogP contribution is 2.33. The Morgan fingerprint density at radius 1 is 1.30 bits per heavy atom. The van der Waals surface area contributed by atoms with Crippen molar-refractivity contribution >= 4 is 0 Å². The largest absolute Gasteiger partial charge is 0.300 e. The van der Waals surface area contributed by atoms with Crippen LogP contribution in [0.2, 0.25) is 0 Å². The van der Waals surface area contributed by atoms with Crippen LogP contribution in [0.4, 0.5) is 0 Å². The number of hydrogen-bond donors (Lipinski definition) is 1. The molecule has 1 aliphatic heterocycles. The van der Waals surface area contributed by atoms with Gasteiger partial charge < -0.3 is 4.90 Å². The smallest absolute Gasteiger partial charge is 0.108 e. The maximum Gasteiger partial charge on any atom is 0.108 e. The lowest BCUT2D eigenvalue weighted by molar-refractivity contribution is 0.0807. The zero-order chi connectivity index (χ0) is 14.6. The molecule has 0 aromatic carbocycles. The van der Waals surface area contributed by atoms with Gasteiger partial charge in [-0.2, -0.15) is 5.26 Å². The van der Waals surface area contributed by atoms with E-state index in [1.807, 2.05) is 0 Å². The zero-order valence-electron chi connectivity index (χ0n) is 13.5. The molecular formula is C17H31N3. The minimum absolute atomic E-state index is 0.279. The van der Waals surface area contributed by atoms with Gasteiger partial charge in [0, 0.05) is 12.1 Å². The third-order valence-corrected chi connectivity index (χ3v) is 5.25. The highest BCUT2D eigenvalue weighted by molar-refractivity contribution is 5.11. The quantitative estimate of drug-likeness (QED) is 0.857. The van der Waals surface area contributed by atoms with Crippen molar-refractivity contribution in [1.29, 1.82) is 5.26 Å². The number of nitrogens with one attached hydrogen (secondary N) is 1. The fourth-order valence-electron chi connectivity index (χ4n) is 4.10. The lowest BCUT2D eigenvalue weighted by Gasteiger charge is -2.44. The molecule has 1 saturated carbocycles. The van der Waals surface area contributed by atoms with E-state index in [0.29, 0.717) is 12.1 Å². The standard InChI is InChI=1S/C17H31N3/c1-4-15-7-10-20(11-8-15)16-6-5-9-17(12-16,13-18)19-14(2)3/h14-16,19H,4-12H2,1-3H3. The summed E-state index contributed by atoms with van der Waals surface area (Å²) >= 11 is 0. The molecule has 0 aromatic rings. The van der Waals surface area contributed by atoms with Gasteiger partial charge in [-0.1, -0.05) is 13.3 Å². The summed E-state index contributed by atoms with van der Waals surface area (Å²) in [7, 11) is 0. The predicted octanol–water partition coefficient (Wildman–Crippen LogP) is 3.31. The van der Waals surface area contributed by atoms with Crippen LogP contribution in [0.1, 0.15) is 65.7 Å². The summed E-state index contributed by atoms with van der Waals surface area (Å²) in [6.45, 7) is 9.10. The van der Waals surface area contributed by atoms with Gasteiger partial charge in [-0.3, -0.25) is 5.32 Å². The van der Waals surface area contributed by atoms with E-state index in [2.05, 4.69) is 37.1 Å². The summed E-state index contributed by atoms with van der Waals surface area (Å²) in [5.41, 5.74) is -0.279. The first-order valence-electron chi connectivity index (χ1n) is 8.51. The second kappa shape index (κ2) is 6.91. The summed E-state index contributed by atoms with van der Waals surface area (Å²) in [5, 5.41) is 13.2. The normalized spacial score (nSPS) is 33.2. The van der Waals surface area contributed by atoms with Gasteiger partial charge in [-0.05, 0) is 71.4 Å². The van der Waals surface area contributed by atoms with E-state index in [1.165, 1.54) is 45.2 Å². The van der Waals surface area contributed by atoms with Crippen molar-refractivity contribution in [2.75, 3.05) is 13.1 Å². The first kappa shape index (κ1) is 15.8. The molecule has 1 N–H and O–H groups in total. The lowest BCUT2D eigenvalue weighted by atomic mass is 9.78. The molecule has 114 valence electrons. The van der Waals surface area contributed by atoms with E-state index in [4.69, 9.17) is 0 Å². The van der Waals surface area contributed by atoms with E-state index in [9.17, 15) is 5.26 Å². The van der Waals surface area contributed by atoms with Crippen molar-refractivity contribution in [3.8, 4) is 6.07 Å². The van der Waals surface area contributed by atoms with Crippen molar-refractivity contribution in [3.05, 3.63) is 0 Å². The molecule has 0 aromatic heterocycles. The Balaban J connectivity index is 1.95. The van der Waals surface area contributed by atoms with Gasteiger partial charge in [-0.15, -0.1) is 0 Å². The third-order valence-electron chi connectivity index (χ3n) is 5.25. The van der Waals surface area contributed by atoms with E-state index >= 15 is 0 Å². The number of hydrogen-bond acceptors (Lipinski definition) is 3. The highest BCUT2D eigenvalue weighted by atomic mass is 15.2. The van der Waals surface area contributed by atoms with Gasteiger partial charge in [0.05, 0.1) is 6.07 Å². The minimum atomic E-state index is -0.279. The van der Waals surface area contributed by atoms with Crippen LogP contribution in [0, 0.1) is 17.2 Å². The average molecular weight is 277 g/mol. The molecule has 0 spiro atoms. The molecule has 2 rings (SSSR count). The molecule has 0 radical (unpaired) electrons. The van der Waals surface area contributed by atoms with Gasteiger partial charge >= 0.3 is 0 Å². The Bertz CT molecular complexity index is 339. The lowest BCUT2D eigenvalue weighted by Crippen LogP contribution is -2.55. The van der Waals surface area contributed by atoms with E-state index < -0.39 is 0 Å². The first-order chi connectivity index (χ1) is 9.58. The average Bonchev–Trinajstić information content (AvgIpc) is 2.47. The van der Waals surface area contributed by atoms with Crippen LogP contribution >= 0.6 is 0 Å². The molecule has 2 atom stereocenters. The van der Waals surface area contributed by atoms with Gasteiger partial charge in [0.25, 0.3) is 0 Å². The first-order valence-corrected chi connectivity index (χ1v) is 8.51. The van der Waals surface area contributed by atoms with Crippen LogP contribution in [-0.4, -0.2) is 35.6 Å². The maximum atomic E-state index is 9.66. The second-order valence-electron chi connectivity index (χ2n) is 7.13. The summed E-state index contributed by atoms with van der Waals surface area (Å²) in [6, 6.07) is 3.61.